The Morgan fingerprint density at radius 3 is 2.65 bits per heavy atom. The van der Waals surface area contributed by atoms with Gasteiger partial charge in [-0.1, -0.05) is 13.0 Å². The molecule has 5 nitrogen and oxygen atoms in total. The lowest BCUT2D eigenvalue weighted by molar-refractivity contribution is -0.136. The second-order valence-electron chi connectivity index (χ2n) is 4.76. The lowest BCUT2D eigenvalue weighted by Crippen LogP contribution is -2.37. The van der Waals surface area contributed by atoms with Crippen LogP contribution in [0.3, 0.4) is 0 Å². The topological polar surface area (TPSA) is 78.4 Å². The Hall–Kier alpha value is -1.40. The van der Waals surface area contributed by atoms with Crippen molar-refractivity contribution in [1.29, 1.82) is 0 Å². The van der Waals surface area contributed by atoms with Gasteiger partial charge in [-0.3, -0.25) is 9.59 Å². The number of hydrogen-bond donors (Lipinski definition) is 3. The molecule has 0 heterocycles. The predicted molar refractivity (Wildman–Crippen MR) is 81.4 cm³/mol. The second-order valence-corrected chi connectivity index (χ2v) is 5.62. The summed E-state index contributed by atoms with van der Waals surface area (Å²) in [6, 6.07) is 5.44. The Labute approximate surface area is 126 Å². The first kappa shape index (κ1) is 16.7. The van der Waals surface area contributed by atoms with Crippen molar-refractivity contribution in [2.75, 3.05) is 18.5 Å². The summed E-state index contributed by atoms with van der Waals surface area (Å²) in [4.78, 5) is 23.4. The maximum absolute atomic E-state index is 11.7. The molecule has 0 radical (unpaired) electrons. The van der Waals surface area contributed by atoms with Gasteiger partial charge in [0.05, 0.1) is 5.69 Å². The highest BCUT2D eigenvalue weighted by Gasteiger charge is 2.15. The van der Waals surface area contributed by atoms with Gasteiger partial charge in [0.25, 0.3) is 0 Å². The van der Waals surface area contributed by atoms with E-state index < -0.39 is 11.8 Å². The molecular weight excluding hydrogens is 324 g/mol. The van der Waals surface area contributed by atoms with Crippen LogP contribution in [-0.2, 0) is 9.59 Å². The van der Waals surface area contributed by atoms with Gasteiger partial charge in [-0.25, -0.2) is 0 Å². The highest BCUT2D eigenvalue weighted by Crippen LogP contribution is 2.23. The first-order valence-corrected chi connectivity index (χ1v) is 7.19. The van der Waals surface area contributed by atoms with Crippen LogP contribution in [0.25, 0.3) is 0 Å². The van der Waals surface area contributed by atoms with Gasteiger partial charge >= 0.3 is 11.8 Å². The number of carbonyl (C=O) groups excluding carboxylic acids is 2. The van der Waals surface area contributed by atoms with E-state index in [4.69, 9.17) is 5.11 Å². The molecule has 0 aliphatic rings. The van der Waals surface area contributed by atoms with Crippen LogP contribution in [0.5, 0.6) is 0 Å². The predicted octanol–water partition coefficient (Wildman–Crippen LogP) is 1.83. The molecule has 0 aliphatic heterocycles. The van der Waals surface area contributed by atoms with Crippen molar-refractivity contribution in [2.24, 2.45) is 5.92 Å². The Morgan fingerprint density at radius 1 is 1.35 bits per heavy atom. The van der Waals surface area contributed by atoms with Crippen LogP contribution in [-0.4, -0.2) is 30.1 Å². The fraction of sp³-hybridized carbons (Fsp3) is 0.429. The molecule has 2 amide bonds. The third kappa shape index (κ3) is 5.30. The van der Waals surface area contributed by atoms with Gasteiger partial charge in [0.2, 0.25) is 0 Å². The molecule has 0 saturated heterocycles. The quantitative estimate of drug-likeness (QED) is 0.714. The standard InChI is InChI=1S/C14H19BrN2O3/c1-9-3-4-12(11(15)7-9)17-14(20)13(19)16-8-10(2)5-6-18/h3-4,7,10,18H,5-6,8H2,1-2H3,(H,16,19)(H,17,20). The molecule has 3 N–H and O–H groups in total. The number of halogens is 1. The molecular formula is C14H19BrN2O3. The number of carbonyl (C=O) groups is 2. The summed E-state index contributed by atoms with van der Waals surface area (Å²) in [6.07, 6.45) is 0.589. The minimum atomic E-state index is -0.703. The number of rotatable bonds is 5. The van der Waals surface area contributed by atoms with Crippen LogP contribution in [0.15, 0.2) is 22.7 Å². The van der Waals surface area contributed by atoms with E-state index in [-0.39, 0.29) is 12.5 Å². The van der Waals surface area contributed by atoms with Crippen LogP contribution in [0.2, 0.25) is 0 Å². The highest BCUT2D eigenvalue weighted by molar-refractivity contribution is 9.10. The number of nitrogens with one attached hydrogen (secondary N) is 2. The minimum Gasteiger partial charge on any atom is -0.396 e. The van der Waals surface area contributed by atoms with Crippen molar-refractivity contribution < 1.29 is 14.7 Å². The van der Waals surface area contributed by atoms with Crippen LogP contribution in [0, 0.1) is 12.8 Å². The van der Waals surface area contributed by atoms with Gasteiger partial charge in [0.15, 0.2) is 0 Å². The van der Waals surface area contributed by atoms with Crippen LogP contribution < -0.4 is 10.6 Å². The lowest BCUT2D eigenvalue weighted by Gasteiger charge is -2.11. The summed E-state index contributed by atoms with van der Waals surface area (Å²) in [7, 11) is 0. The highest BCUT2D eigenvalue weighted by atomic mass is 79.9. The number of aliphatic hydroxyl groups is 1. The Bertz CT molecular complexity index is 491. The summed E-state index contributed by atoms with van der Waals surface area (Å²) in [5, 5.41) is 13.8. The fourth-order valence-electron chi connectivity index (χ4n) is 1.57. The summed E-state index contributed by atoms with van der Waals surface area (Å²) in [5.74, 6) is -1.25. The normalized spacial score (nSPS) is 11.8. The average molecular weight is 343 g/mol. The number of benzene rings is 1. The van der Waals surface area contributed by atoms with Crippen molar-refractivity contribution in [3.63, 3.8) is 0 Å². The minimum absolute atomic E-state index is 0.0690. The third-order valence-electron chi connectivity index (χ3n) is 2.81. The summed E-state index contributed by atoms with van der Waals surface area (Å²) < 4.78 is 0.729. The second kappa shape index (κ2) is 8.01. The van der Waals surface area contributed by atoms with Crippen LogP contribution >= 0.6 is 15.9 Å². The van der Waals surface area contributed by atoms with E-state index >= 15 is 0 Å². The SMILES string of the molecule is Cc1ccc(NC(=O)C(=O)NCC(C)CCO)c(Br)c1. The van der Waals surface area contributed by atoms with E-state index in [1.807, 2.05) is 26.0 Å². The largest absolute Gasteiger partial charge is 0.396 e. The monoisotopic (exact) mass is 342 g/mol. The number of aryl methyl sites for hydroxylation is 1. The van der Waals surface area contributed by atoms with Gasteiger partial charge in [-0.15, -0.1) is 0 Å². The summed E-state index contributed by atoms with van der Waals surface area (Å²) >= 11 is 3.33. The van der Waals surface area contributed by atoms with E-state index in [9.17, 15) is 9.59 Å². The Kier molecular flexibility index (Phi) is 6.67. The van der Waals surface area contributed by atoms with Crippen LogP contribution in [0.4, 0.5) is 5.69 Å². The van der Waals surface area contributed by atoms with Crippen molar-refractivity contribution in [2.45, 2.75) is 20.3 Å². The molecule has 6 heteroatoms. The molecule has 0 aromatic heterocycles. The number of aliphatic hydroxyl groups excluding tert-OH is 1. The van der Waals surface area contributed by atoms with E-state index in [1.54, 1.807) is 6.07 Å². The molecule has 0 spiro atoms. The van der Waals surface area contributed by atoms with Crippen molar-refractivity contribution in [1.82, 2.24) is 5.32 Å². The molecule has 0 saturated carbocycles. The fourth-order valence-corrected chi connectivity index (χ4v) is 2.16. The lowest BCUT2D eigenvalue weighted by atomic mass is 10.1. The van der Waals surface area contributed by atoms with E-state index in [0.29, 0.717) is 18.7 Å². The van der Waals surface area contributed by atoms with Crippen LogP contribution in [0.1, 0.15) is 18.9 Å². The van der Waals surface area contributed by atoms with E-state index in [0.717, 1.165) is 10.0 Å². The average Bonchev–Trinajstić information content (AvgIpc) is 2.39. The molecule has 1 aromatic carbocycles. The molecule has 0 aliphatic carbocycles. The third-order valence-corrected chi connectivity index (χ3v) is 3.47. The number of anilines is 1. The first-order valence-electron chi connectivity index (χ1n) is 6.40. The molecule has 1 unspecified atom stereocenters. The zero-order chi connectivity index (χ0) is 15.1. The maximum Gasteiger partial charge on any atom is 0.313 e. The van der Waals surface area contributed by atoms with Crippen molar-refractivity contribution in [3.05, 3.63) is 28.2 Å². The van der Waals surface area contributed by atoms with Gasteiger partial charge < -0.3 is 15.7 Å². The smallest absolute Gasteiger partial charge is 0.313 e. The van der Waals surface area contributed by atoms with Gasteiger partial charge in [-0.05, 0) is 52.9 Å². The zero-order valence-electron chi connectivity index (χ0n) is 11.6. The van der Waals surface area contributed by atoms with Crippen molar-refractivity contribution >= 4 is 33.4 Å². The molecule has 0 fully saturated rings. The van der Waals surface area contributed by atoms with Gasteiger partial charge in [0, 0.05) is 17.6 Å². The summed E-state index contributed by atoms with van der Waals surface area (Å²) in [6.45, 7) is 4.26. The molecule has 0 bridgehead atoms. The van der Waals surface area contributed by atoms with Crippen molar-refractivity contribution in [3.8, 4) is 0 Å². The van der Waals surface area contributed by atoms with E-state index in [2.05, 4.69) is 26.6 Å². The Balaban J connectivity index is 2.51. The number of hydrogen-bond acceptors (Lipinski definition) is 3. The van der Waals surface area contributed by atoms with Gasteiger partial charge in [-0.2, -0.15) is 0 Å². The first-order chi connectivity index (χ1) is 9.43. The molecule has 1 rings (SSSR count). The molecule has 110 valence electrons. The Morgan fingerprint density at radius 2 is 2.05 bits per heavy atom. The molecule has 20 heavy (non-hydrogen) atoms. The summed E-state index contributed by atoms with van der Waals surface area (Å²) in [5.41, 5.74) is 1.61. The van der Waals surface area contributed by atoms with Gasteiger partial charge in [0.1, 0.15) is 0 Å². The van der Waals surface area contributed by atoms with E-state index in [1.165, 1.54) is 0 Å². The zero-order valence-corrected chi connectivity index (χ0v) is 13.2. The number of amides is 2. The maximum atomic E-state index is 11.7. The molecule has 1 atom stereocenters. The molecule has 1 aromatic rings.